The number of nitro groups is 2. The number of hydrogen-bond donors (Lipinski definition) is 2. The Hall–Kier alpha value is -2.96. The van der Waals surface area contributed by atoms with E-state index < -0.39 is 40.3 Å². The second kappa shape index (κ2) is 8.19. The van der Waals surface area contributed by atoms with Gasteiger partial charge < -0.3 is 0 Å². The van der Waals surface area contributed by atoms with Gasteiger partial charge in [-0.25, -0.2) is 0 Å². The van der Waals surface area contributed by atoms with Gasteiger partial charge in [-0.05, 0) is 0 Å². The molecule has 0 aromatic heterocycles. The van der Waals surface area contributed by atoms with Crippen molar-refractivity contribution in [2.75, 3.05) is 20.3 Å². The monoisotopic (exact) mass is 420 g/mol. The molecule has 2 rings (SSSR count). The Bertz CT molecular complexity index is 931. The summed E-state index contributed by atoms with van der Waals surface area (Å²) >= 11 is 0. The number of rotatable bonds is 8. The molecule has 0 aliphatic carbocycles. The molecule has 11 heteroatoms. The van der Waals surface area contributed by atoms with Gasteiger partial charge in [-0.3, -0.25) is 0 Å². The van der Waals surface area contributed by atoms with Crippen LogP contribution >= 0.6 is 7.21 Å². The van der Waals surface area contributed by atoms with Crippen LogP contribution in [-0.2, 0) is 0 Å². The summed E-state index contributed by atoms with van der Waals surface area (Å²) in [6, 6.07) is 12.8. The Morgan fingerprint density at radius 2 is 1.41 bits per heavy atom. The van der Waals surface area contributed by atoms with Crippen molar-refractivity contribution in [1.29, 1.82) is 5.26 Å². The van der Waals surface area contributed by atoms with Crippen LogP contribution < -0.4 is 0 Å². The average molecular weight is 420 g/mol. The van der Waals surface area contributed by atoms with E-state index in [2.05, 4.69) is 0 Å². The van der Waals surface area contributed by atoms with Crippen molar-refractivity contribution in [1.82, 2.24) is 4.67 Å². The van der Waals surface area contributed by atoms with Crippen LogP contribution in [0.15, 0.2) is 48.5 Å². The van der Waals surface area contributed by atoms with Gasteiger partial charge in [-0.2, -0.15) is 0 Å². The number of nitriles is 1. The molecule has 0 amide bonds. The first-order valence-electron chi connectivity index (χ1n) is 8.56. The second-order valence-corrected chi connectivity index (χ2v) is 10.9. The Labute approximate surface area is 167 Å². The van der Waals surface area contributed by atoms with E-state index in [1.165, 1.54) is 62.6 Å². The zero-order chi connectivity index (χ0) is 21.8. The molecule has 0 aliphatic rings. The van der Waals surface area contributed by atoms with E-state index in [0.717, 1.165) is 4.67 Å². The normalized spacial score (nSPS) is 12.9. The quantitative estimate of drug-likeness (QED) is 0.374. The molecule has 0 spiro atoms. The van der Waals surface area contributed by atoms with Crippen LogP contribution in [0, 0.1) is 31.6 Å². The van der Waals surface area contributed by atoms with Gasteiger partial charge in [0.25, 0.3) is 0 Å². The molecule has 2 aromatic rings. The third-order valence-corrected chi connectivity index (χ3v) is 9.35. The van der Waals surface area contributed by atoms with Crippen LogP contribution in [0.3, 0.4) is 0 Å². The van der Waals surface area contributed by atoms with Gasteiger partial charge in [-0.15, -0.1) is 0 Å². The summed E-state index contributed by atoms with van der Waals surface area (Å²) < 4.78 is 1.14. The van der Waals surface area contributed by atoms with Gasteiger partial charge in [0.2, 0.25) is 0 Å². The Morgan fingerprint density at radius 1 is 1.00 bits per heavy atom. The summed E-state index contributed by atoms with van der Waals surface area (Å²) in [6.07, 6.45) is -0.654. The van der Waals surface area contributed by atoms with Gasteiger partial charge in [0.05, 0.1) is 0 Å². The summed E-state index contributed by atoms with van der Waals surface area (Å²) in [5.41, 5.74) is -2.42. The van der Waals surface area contributed by atoms with E-state index in [4.69, 9.17) is 5.26 Å². The number of para-hydroxylation sites is 2. The minimum atomic E-state index is -5.12. The fourth-order valence-corrected chi connectivity index (χ4v) is 6.56. The fraction of sp³-hybridized carbons (Fsp3) is 0.278. The molecule has 0 unspecified atom stereocenters. The molecule has 0 atom stereocenters. The predicted octanol–water partition coefficient (Wildman–Crippen LogP) is 3.35. The Balaban J connectivity index is 2.98. The van der Waals surface area contributed by atoms with Gasteiger partial charge in [0, 0.05) is 0 Å². The molecule has 0 bridgehead atoms. The van der Waals surface area contributed by atoms with E-state index in [1.807, 2.05) is 6.07 Å². The maximum absolute atomic E-state index is 11.7. The van der Waals surface area contributed by atoms with E-state index in [9.17, 15) is 30.0 Å². The first kappa shape index (κ1) is 22.3. The van der Waals surface area contributed by atoms with Crippen molar-refractivity contribution in [3.63, 3.8) is 0 Å². The summed E-state index contributed by atoms with van der Waals surface area (Å²) in [5, 5.41) is 32.3. The first-order valence-corrected chi connectivity index (χ1v) is 10.9. The molecule has 29 heavy (non-hydrogen) atoms. The average Bonchev–Trinajstić information content (AvgIpc) is 2.67. The number of nitrogens with zero attached hydrogens (tertiary/aromatic N) is 4. The second-order valence-electron chi connectivity index (χ2n) is 6.73. The molecule has 0 saturated heterocycles. The van der Waals surface area contributed by atoms with E-state index in [0.29, 0.717) is 0 Å². The SMILES string of the molecule is CN(C)P(O)(O)(CCC#N)C(c1ccccc1[N+](=O)[O-])c1ccccc1[N+](=O)[O-]. The minimum absolute atomic E-state index is 0.0684. The molecular weight excluding hydrogens is 399 g/mol. The molecule has 0 fully saturated rings. The standard InChI is InChI=1S/C18H21N4O6P/c1-20(2)29(27,28,13-7-12-19)18(14-8-3-5-10-16(14)21(23)24)15-9-4-6-11-17(15)22(25)26/h3-6,8-11,18,27-28H,7,13H2,1-2H3. The molecular formula is C18H21N4O6P. The van der Waals surface area contributed by atoms with Crippen molar-refractivity contribution in [3.05, 3.63) is 79.9 Å². The molecule has 10 nitrogen and oxygen atoms in total. The zero-order valence-electron chi connectivity index (χ0n) is 15.9. The van der Waals surface area contributed by atoms with Gasteiger partial charge in [0.1, 0.15) is 0 Å². The van der Waals surface area contributed by atoms with Crippen LogP contribution in [0.2, 0.25) is 0 Å². The van der Waals surface area contributed by atoms with Crippen LogP contribution in [0.5, 0.6) is 0 Å². The Kier molecular flexibility index (Phi) is 6.30. The van der Waals surface area contributed by atoms with Gasteiger partial charge >= 0.3 is 166 Å². The van der Waals surface area contributed by atoms with Crippen molar-refractivity contribution in [3.8, 4) is 6.07 Å². The number of nitro benzene ring substituents is 2. The molecule has 0 radical (unpaired) electrons. The van der Waals surface area contributed by atoms with Crippen LogP contribution in [0.1, 0.15) is 23.2 Å². The first-order chi connectivity index (χ1) is 13.5. The van der Waals surface area contributed by atoms with Gasteiger partial charge in [0.15, 0.2) is 0 Å². The predicted molar refractivity (Wildman–Crippen MR) is 108 cm³/mol. The van der Waals surface area contributed by atoms with E-state index in [1.54, 1.807) is 0 Å². The fourth-order valence-electron chi connectivity index (χ4n) is 3.33. The van der Waals surface area contributed by atoms with E-state index >= 15 is 0 Å². The molecule has 0 aliphatic heterocycles. The summed E-state index contributed by atoms with van der Waals surface area (Å²) in [4.78, 5) is 45.3. The van der Waals surface area contributed by atoms with E-state index in [-0.39, 0.29) is 17.5 Å². The molecule has 2 aromatic carbocycles. The van der Waals surface area contributed by atoms with Gasteiger partial charge in [-0.1, -0.05) is 0 Å². The van der Waals surface area contributed by atoms with Crippen molar-refractivity contribution in [2.24, 2.45) is 0 Å². The molecule has 2 N–H and O–H groups in total. The third-order valence-electron chi connectivity index (χ3n) is 4.91. The van der Waals surface area contributed by atoms with Crippen molar-refractivity contribution >= 4 is 18.6 Å². The zero-order valence-corrected chi connectivity index (χ0v) is 16.8. The van der Waals surface area contributed by atoms with Crippen LogP contribution in [0.25, 0.3) is 0 Å². The Morgan fingerprint density at radius 3 is 1.76 bits per heavy atom. The maximum atomic E-state index is 11.7. The molecule has 0 saturated carbocycles. The molecule has 0 heterocycles. The summed E-state index contributed by atoms with van der Waals surface area (Å²) in [5.74, 6) is 0. The summed E-state index contributed by atoms with van der Waals surface area (Å²) in [7, 11) is -2.35. The third kappa shape index (κ3) is 4.09. The summed E-state index contributed by atoms with van der Waals surface area (Å²) in [6.45, 7) is 0. The number of benzene rings is 2. The van der Waals surface area contributed by atoms with Crippen molar-refractivity contribution < 1.29 is 19.6 Å². The van der Waals surface area contributed by atoms with Crippen molar-refractivity contribution in [2.45, 2.75) is 12.1 Å². The topological polar surface area (TPSA) is 154 Å². The number of hydrogen-bond acceptors (Lipinski definition) is 8. The van der Waals surface area contributed by atoms with Crippen LogP contribution in [-0.4, -0.2) is 44.6 Å². The molecule has 154 valence electrons. The van der Waals surface area contributed by atoms with Crippen LogP contribution in [0.4, 0.5) is 11.4 Å².